The molecule has 0 saturated carbocycles. The van der Waals surface area contributed by atoms with Gasteiger partial charge in [-0.3, -0.25) is 9.59 Å². The summed E-state index contributed by atoms with van der Waals surface area (Å²) in [5.74, 6) is 0.0500. The average molecular weight is 335 g/mol. The van der Waals surface area contributed by atoms with Crippen LogP contribution in [0.2, 0.25) is 0 Å². The summed E-state index contributed by atoms with van der Waals surface area (Å²) in [6.45, 7) is 3.00. The van der Waals surface area contributed by atoms with Gasteiger partial charge in [-0.1, -0.05) is 30.3 Å². The van der Waals surface area contributed by atoms with Gasteiger partial charge in [-0.25, -0.2) is 0 Å². The molecular weight excluding hydrogens is 314 g/mol. The maximum Gasteiger partial charge on any atom is 0.246 e. The Morgan fingerprint density at radius 1 is 0.920 bits per heavy atom. The Bertz CT molecular complexity index is 733. The second-order valence-electron chi connectivity index (χ2n) is 5.87. The molecule has 5 heteroatoms. The van der Waals surface area contributed by atoms with Crippen LogP contribution in [0.15, 0.2) is 60.7 Å². The number of nitrogens with zero attached hydrogens (tertiary/aromatic N) is 2. The zero-order valence-corrected chi connectivity index (χ0v) is 14.0. The predicted octanol–water partition coefficient (Wildman–Crippen LogP) is 2.62. The molecule has 2 amide bonds. The van der Waals surface area contributed by atoms with Crippen LogP contribution in [0.4, 0.5) is 11.4 Å². The highest BCUT2D eigenvalue weighted by Crippen LogP contribution is 2.19. The molecule has 1 N–H and O–H groups in total. The number of piperazine rings is 1. The van der Waals surface area contributed by atoms with Gasteiger partial charge >= 0.3 is 0 Å². The van der Waals surface area contributed by atoms with E-state index >= 15 is 0 Å². The molecule has 2 aromatic rings. The molecule has 5 nitrogen and oxygen atoms in total. The number of carbonyl (C=O) groups is 2. The summed E-state index contributed by atoms with van der Waals surface area (Å²) in [5.41, 5.74) is 2.90. The van der Waals surface area contributed by atoms with Gasteiger partial charge in [0.2, 0.25) is 12.3 Å². The first-order chi connectivity index (χ1) is 12.3. The first kappa shape index (κ1) is 16.8. The summed E-state index contributed by atoms with van der Waals surface area (Å²) in [5, 5.41) is 2.63. The third-order valence-corrected chi connectivity index (χ3v) is 4.27. The number of rotatable bonds is 5. The minimum atomic E-state index is 0.0500. The minimum absolute atomic E-state index is 0.0500. The lowest BCUT2D eigenvalue weighted by Gasteiger charge is -2.35. The molecule has 2 aromatic carbocycles. The lowest BCUT2D eigenvalue weighted by Crippen LogP contribution is -2.48. The Kier molecular flexibility index (Phi) is 5.46. The number of amides is 2. The Labute approximate surface area is 147 Å². The molecular formula is C20H21N3O2. The molecule has 1 heterocycles. The molecule has 0 radical (unpaired) electrons. The van der Waals surface area contributed by atoms with Crippen molar-refractivity contribution in [2.75, 3.05) is 36.4 Å². The minimum Gasteiger partial charge on any atom is -0.368 e. The number of anilines is 2. The monoisotopic (exact) mass is 335 g/mol. The quantitative estimate of drug-likeness (QED) is 0.675. The van der Waals surface area contributed by atoms with Crippen molar-refractivity contribution in [1.82, 2.24) is 4.90 Å². The molecule has 0 unspecified atom stereocenters. The van der Waals surface area contributed by atoms with Crippen LogP contribution in [0.5, 0.6) is 0 Å². The Morgan fingerprint density at radius 2 is 1.60 bits per heavy atom. The number of benzene rings is 2. The first-order valence-corrected chi connectivity index (χ1v) is 8.33. The van der Waals surface area contributed by atoms with E-state index in [4.69, 9.17) is 0 Å². The molecule has 128 valence electrons. The summed E-state index contributed by atoms with van der Waals surface area (Å²) in [4.78, 5) is 26.9. The van der Waals surface area contributed by atoms with E-state index in [-0.39, 0.29) is 5.91 Å². The molecule has 0 atom stereocenters. The van der Waals surface area contributed by atoms with Crippen LogP contribution in [-0.2, 0) is 9.59 Å². The molecule has 1 fully saturated rings. The van der Waals surface area contributed by atoms with Crippen molar-refractivity contribution in [1.29, 1.82) is 0 Å². The second-order valence-corrected chi connectivity index (χ2v) is 5.87. The van der Waals surface area contributed by atoms with Crippen molar-refractivity contribution in [3.8, 4) is 0 Å². The summed E-state index contributed by atoms with van der Waals surface area (Å²) in [7, 11) is 0. The third kappa shape index (κ3) is 4.47. The summed E-state index contributed by atoms with van der Waals surface area (Å²) >= 11 is 0. The molecule has 0 aromatic heterocycles. The highest BCUT2D eigenvalue weighted by Gasteiger charge is 2.19. The van der Waals surface area contributed by atoms with Gasteiger partial charge in [0.05, 0.1) is 0 Å². The van der Waals surface area contributed by atoms with Crippen molar-refractivity contribution < 1.29 is 9.59 Å². The second kappa shape index (κ2) is 8.15. The fourth-order valence-electron chi connectivity index (χ4n) is 2.86. The van der Waals surface area contributed by atoms with Crippen LogP contribution >= 0.6 is 0 Å². The van der Waals surface area contributed by atoms with E-state index in [1.54, 1.807) is 6.08 Å². The van der Waals surface area contributed by atoms with Crippen molar-refractivity contribution in [3.63, 3.8) is 0 Å². The average Bonchev–Trinajstić information content (AvgIpc) is 2.68. The third-order valence-electron chi connectivity index (χ3n) is 4.27. The summed E-state index contributed by atoms with van der Waals surface area (Å²) in [6, 6.07) is 17.6. The van der Waals surface area contributed by atoms with E-state index in [1.165, 1.54) is 0 Å². The van der Waals surface area contributed by atoms with E-state index in [9.17, 15) is 9.59 Å². The van der Waals surface area contributed by atoms with Crippen LogP contribution in [0.3, 0.4) is 0 Å². The number of hydrogen-bond donors (Lipinski definition) is 1. The van der Waals surface area contributed by atoms with Gasteiger partial charge in [0.15, 0.2) is 0 Å². The Balaban J connectivity index is 1.53. The van der Waals surface area contributed by atoms with Crippen molar-refractivity contribution >= 4 is 29.8 Å². The number of carbonyl (C=O) groups excluding carboxylic acids is 2. The van der Waals surface area contributed by atoms with Crippen LogP contribution in [0.1, 0.15) is 5.56 Å². The Morgan fingerprint density at radius 3 is 2.24 bits per heavy atom. The SMILES string of the molecule is O=CNc1ccc(N2CCN(C(=O)C=Cc3ccccc3)CC2)cc1. The van der Waals surface area contributed by atoms with Crippen molar-refractivity contribution in [3.05, 3.63) is 66.2 Å². The highest BCUT2D eigenvalue weighted by atomic mass is 16.2. The van der Waals surface area contributed by atoms with E-state index in [1.807, 2.05) is 65.6 Å². The largest absolute Gasteiger partial charge is 0.368 e. The molecule has 1 saturated heterocycles. The van der Waals surface area contributed by atoms with Gasteiger partial charge in [-0.2, -0.15) is 0 Å². The standard InChI is InChI=1S/C20H21N3O2/c24-16-21-18-7-9-19(10-8-18)22-12-14-23(15-13-22)20(25)11-6-17-4-2-1-3-5-17/h1-11,16H,12-15H2,(H,21,24). The molecule has 3 rings (SSSR count). The van der Waals surface area contributed by atoms with Gasteiger partial charge in [-0.15, -0.1) is 0 Å². The predicted molar refractivity (Wildman–Crippen MR) is 100 cm³/mol. The van der Waals surface area contributed by atoms with Crippen molar-refractivity contribution in [2.45, 2.75) is 0 Å². The van der Waals surface area contributed by atoms with Gasteiger partial charge in [0.25, 0.3) is 0 Å². The maximum atomic E-state index is 12.3. The lowest BCUT2D eigenvalue weighted by molar-refractivity contribution is -0.126. The van der Waals surface area contributed by atoms with Gasteiger partial charge in [0, 0.05) is 43.6 Å². The van der Waals surface area contributed by atoms with Gasteiger partial charge in [-0.05, 0) is 35.9 Å². The molecule has 1 aliphatic rings. The highest BCUT2D eigenvalue weighted by molar-refractivity contribution is 5.92. The van der Waals surface area contributed by atoms with Gasteiger partial charge in [0.1, 0.15) is 0 Å². The topological polar surface area (TPSA) is 52.7 Å². The van der Waals surface area contributed by atoms with Crippen LogP contribution in [0, 0.1) is 0 Å². The molecule has 25 heavy (non-hydrogen) atoms. The Hall–Kier alpha value is -3.08. The van der Waals surface area contributed by atoms with Crippen molar-refractivity contribution in [2.24, 2.45) is 0 Å². The zero-order chi connectivity index (χ0) is 17.5. The van der Waals surface area contributed by atoms with Crippen LogP contribution in [0.25, 0.3) is 6.08 Å². The summed E-state index contributed by atoms with van der Waals surface area (Å²) in [6.07, 6.45) is 4.17. The van der Waals surface area contributed by atoms with E-state index < -0.39 is 0 Å². The maximum absolute atomic E-state index is 12.3. The molecule has 0 aliphatic carbocycles. The van der Waals surface area contributed by atoms with E-state index in [0.717, 1.165) is 30.0 Å². The van der Waals surface area contributed by atoms with E-state index in [2.05, 4.69) is 10.2 Å². The fourth-order valence-corrected chi connectivity index (χ4v) is 2.86. The smallest absolute Gasteiger partial charge is 0.246 e. The molecule has 1 aliphatic heterocycles. The van der Waals surface area contributed by atoms with Crippen LogP contribution < -0.4 is 10.2 Å². The zero-order valence-electron chi connectivity index (χ0n) is 14.0. The lowest BCUT2D eigenvalue weighted by atomic mass is 10.2. The van der Waals surface area contributed by atoms with Crippen LogP contribution in [-0.4, -0.2) is 43.4 Å². The number of nitrogens with one attached hydrogen (secondary N) is 1. The molecule has 0 bridgehead atoms. The number of hydrogen-bond acceptors (Lipinski definition) is 3. The summed E-state index contributed by atoms with van der Waals surface area (Å²) < 4.78 is 0. The fraction of sp³-hybridized carbons (Fsp3) is 0.200. The molecule has 0 spiro atoms. The van der Waals surface area contributed by atoms with Gasteiger partial charge < -0.3 is 15.1 Å². The normalized spacial score (nSPS) is 14.6. The van der Waals surface area contributed by atoms with E-state index in [0.29, 0.717) is 19.5 Å². The first-order valence-electron chi connectivity index (χ1n) is 8.33.